The molecule has 2 saturated carbocycles. The van der Waals surface area contributed by atoms with Crippen LogP contribution in [0.4, 0.5) is 5.69 Å². The van der Waals surface area contributed by atoms with Gasteiger partial charge in [0, 0.05) is 16.1 Å². The number of carbonyl (C=O) groups excluding carboxylic acids is 2. The Bertz CT molecular complexity index is 661. The molecule has 0 unspecified atom stereocenters. The zero-order valence-corrected chi connectivity index (χ0v) is 14.1. The highest BCUT2D eigenvalue weighted by Crippen LogP contribution is 2.57. The highest BCUT2D eigenvalue weighted by molar-refractivity contribution is 9.10. The molecule has 3 aliphatic rings. The maximum absolute atomic E-state index is 12.8. The van der Waals surface area contributed by atoms with Gasteiger partial charge in [-0.3, -0.25) is 9.59 Å². The minimum atomic E-state index is -0.223. The number of nitrogens with one attached hydrogen (secondary N) is 1. The van der Waals surface area contributed by atoms with Gasteiger partial charge in [0.05, 0.1) is 11.8 Å². The summed E-state index contributed by atoms with van der Waals surface area (Å²) in [6, 6.07) is 3.98. The van der Waals surface area contributed by atoms with Gasteiger partial charge < -0.3 is 10.1 Å². The van der Waals surface area contributed by atoms with Crippen molar-refractivity contribution in [1.82, 2.24) is 0 Å². The molecule has 3 fully saturated rings. The largest absolute Gasteiger partial charge is 0.462 e. The number of esters is 1. The van der Waals surface area contributed by atoms with E-state index in [1.807, 2.05) is 26.0 Å². The molecule has 4 rings (SSSR count). The van der Waals surface area contributed by atoms with Gasteiger partial charge in [0.25, 0.3) is 0 Å². The quantitative estimate of drug-likeness (QED) is 0.820. The smallest absolute Gasteiger partial charge is 0.310 e. The molecular weight excluding hydrogens is 346 g/mol. The van der Waals surface area contributed by atoms with Gasteiger partial charge in [0.2, 0.25) is 5.91 Å². The summed E-state index contributed by atoms with van der Waals surface area (Å²) in [6.07, 6.45) is 1.88. The number of ether oxygens (including phenoxy) is 1. The number of carbonyl (C=O) groups is 2. The van der Waals surface area contributed by atoms with Gasteiger partial charge in [-0.15, -0.1) is 0 Å². The molecule has 1 amide bonds. The van der Waals surface area contributed by atoms with Crippen LogP contribution < -0.4 is 5.32 Å². The number of hydrogen-bond donors (Lipinski definition) is 1. The number of aryl methyl sites for hydroxylation is 2. The third-order valence-electron chi connectivity index (χ3n) is 5.53. The molecule has 1 aliphatic heterocycles. The second kappa shape index (κ2) is 4.82. The van der Waals surface area contributed by atoms with Crippen molar-refractivity contribution in [3.8, 4) is 0 Å². The summed E-state index contributed by atoms with van der Waals surface area (Å²) in [6.45, 7) is 3.96. The first-order valence-corrected chi connectivity index (χ1v) is 8.53. The van der Waals surface area contributed by atoms with Crippen molar-refractivity contribution in [2.24, 2.45) is 23.7 Å². The molecule has 2 bridgehead atoms. The van der Waals surface area contributed by atoms with E-state index in [-0.39, 0.29) is 35.7 Å². The van der Waals surface area contributed by atoms with Gasteiger partial charge in [0.1, 0.15) is 6.10 Å². The van der Waals surface area contributed by atoms with Gasteiger partial charge in [-0.1, -0.05) is 15.9 Å². The lowest BCUT2D eigenvalue weighted by atomic mass is 9.79. The van der Waals surface area contributed by atoms with Crippen molar-refractivity contribution in [1.29, 1.82) is 0 Å². The minimum absolute atomic E-state index is 0.0247. The standard InChI is InChI=1S/C17H18BrNO3/c1-7-3-10(18)4-8(2)15(7)19-16(20)13-9-5-11-12(6-9)22-17(21)14(11)13/h3-4,9,11-14H,5-6H2,1-2H3,(H,19,20)/t9-,11+,12+,13-,14-/m1/s1. The molecule has 1 heterocycles. The maximum atomic E-state index is 12.8. The van der Waals surface area contributed by atoms with Crippen LogP contribution in [-0.2, 0) is 14.3 Å². The molecule has 2 aliphatic carbocycles. The monoisotopic (exact) mass is 363 g/mol. The fourth-order valence-electron chi connectivity index (χ4n) is 4.68. The molecule has 1 aromatic rings. The number of hydrogen-bond acceptors (Lipinski definition) is 3. The van der Waals surface area contributed by atoms with Gasteiger partial charge in [0.15, 0.2) is 0 Å². The van der Waals surface area contributed by atoms with E-state index in [0.29, 0.717) is 5.92 Å². The van der Waals surface area contributed by atoms with Gasteiger partial charge in [-0.05, 0) is 55.9 Å². The van der Waals surface area contributed by atoms with Crippen molar-refractivity contribution in [2.75, 3.05) is 5.32 Å². The molecule has 4 nitrogen and oxygen atoms in total. The van der Waals surface area contributed by atoms with Crippen LogP contribution in [0.15, 0.2) is 16.6 Å². The highest BCUT2D eigenvalue weighted by Gasteiger charge is 2.63. The number of halogens is 1. The lowest BCUT2D eigenvalue weighted by Gasteiger charge is -2.24. The second-order valence-corrected chi connectivity index (χ2v) is 7.74. The predicted molar refractivity (Wildman–Crippen MR) is 85.3 cm³/mol. The topological polar surface area (TPSA) is 55.4 Å². The van der Waals surface area contributed by atoms with Crippen molar-refractivity contribution in [3.63, 3.8) is 0 Å². The number of benzene rings is 1. The molecule has 116 valence electrons. The van der Waals surface area contributed by atoms with Gasteiger partial charge in [-0.2, -0.15) is 0 Å². The summed E-state index contributed by atoms with van der Waals surface area (Å²) in [5.41, 5.74) is 2.91. The zero-order valence-electron chi connectivity index (χ0n) is 12.6. The first-order chi connectivity index (χ1) is 10.5. The molecule has 5 atom stereocenters. The number of amides is 1. The third kappa shape index (κ3) is 1.94. The number of anilines is 1. The normalized spacial score (nSPS) is 34.9. The molecule has 0 spiro atoms. The Balaban J connectivity index is 1.60. The van der Waals surface area contributed by atoms with Crippen molar-refractivity contribution >= 4 is 33.5 Å². The zero-order chi connectivity index (χ0) is 15.6. The first-order valence-electron chi connectivity index (χ1n) is 7.74. The lowest BCUT2D eigenvalue weighted by Crippen LogP contribution is -2.36. The van der Waals surface area contributed by atoms with E-state index in [4.69, 9.17) is 4.74 Å². The second-order valence-electron chi connectivity index (χ2n) is 6.83. The van der Waals surface area contributed by atoms with Crippen LogP contribution in [0.3, 0.4) is 0 Å². The Kier molecular flexibility index (Phi) is 3.12. The highest BCUT2D eigenvalue weighted by atomic mass is 79.9. The summed E-state index contributed by atoms with van der Waals surface area (Å²) in [5, 5.41) is 3.07. The van der Waals surface area contributed by atoms with Crippen molar-refractivity contribution < 1.29 is 14.3 Å². The molecule has 5 heteroatoms. The average molecular weight is 364 g/mol. The van der Waals surface area contributed by atoms with Crippen LogP contribution in [0.5, 0.6) is 0 Å². The van der Waals surface area contributed by atoms with E-state index < -0.39 is 0 Å². The lowest BCUT2D eigenvalue weighted by molar-refractivity contribution is -0.145. The fraction of sp³-hybridized carbons (Fsp3) is 0.529. The fourth-order valence-corrected chi connectivity index (χ4v) is 5.36. The van der Waals surface area contributed by atoms with Crippen LogP contribution in [0, 0.1) is 37.5 Å². The van der Waals surface area contributed by atoms with Crippen LogP contribution >= 0.6 is 15.9 Å². The summed E-state index contributed by atoms with van der Waals surface area (Å²) in [5.74, 6) is -0.0795. The Hall–Kier alpha value is -1.36. The van der Waals surface area contributed by atoms with Gasteiger partial charge in [-0.25, -0.2) is 0 Å². The Morgan fingerprint density at radius 3 is 2.64 bits per heavy atom. The predicted octanol–water partition coefficient (Wildman–Crippen LogP) is 3.20. The van der Waals surface area contributed by atoms with E-state index in [9.17, 15) is 9.59 Å². The Morgan fingerprint density at radius 1 is 1.27 bits per heavy atom. The van der Waals surface area contributed by atoms with E-state index in [1.165, 1.54) is 0 Å². The Labute approximate surface area is 137 Å². The summed E-state index contributed by atoms with van der Waals surface area (Å²) < 4.78 is 6.41. The van der Waals surface area contributed by atoms with E-state index in [2.05, 4.69) is 21.2 Å². The van der Waals surface area contributed by atoms with Crippen LogP contribution in [0.1, 0.15) is 24.0 Å². The molecule has 1 aromatic carbocycles. The van der Waals surface area contributed by atoms with E-state index in [0.717, 1.165) is 34.1 Å². The van der Waals surface area contributed by atoms with Crippen molar-refractivity contribution in [2.45, 2.75) is 32.8 Å². The molecule has 22 heavy (non-hydrogen) atoms. The minimum Gasteiger partial charge on any atom is -0.462 e. The number of rotatable bonds is 2. The van der Waals surface area contributed by atoms with E-state index >= 15 is 0 Å². The summed E-state index contributed by atoms with van der Waals surface area (Å²) >= 11 is 3.47. The molecule has 0 radical (unpaired) electrons. The van der Waals surface area contributed by atoms with Crippen LogP contribution in [0.2, 0.25) is 0 Å². The summed E-state index contributed by atoms with van der Waals surface area (Å²) in [4.78, 5) is 24.8. The van der Waals surface area contributed by atoms with E-state index in [1.54, 1.807) is 0 Å². The molecule has 0 aromatic heterocycles. The van der Waals surface area contributed by atoms with Crippen LogP contribution in [-0.4, -0.2) is 18.0 Å². The summed E-state index contributed by atoms with van der Waals surface area (Å²) in [7, 11) is 0. The maximum Gasteiger partial charge on any atom is 0.310 e. The molecular formula is C17H18BrNO3. The first kappa shape index (κ1) is 14.2. The molecule has 1 saturated heterocycles. The molecule has 1 N–H and O–H groups in total. The van der Waals surface area contributed by atoms with Crippen molar-refractivity contribution in [3.05, 3.63) is 27.7 Å². The van der Waals surface area contributed by atoms with Gasteiger partial charge >= 0.3 is 5.97 Å². The van der Waals surface area contributed by atoms with Crippen LogP contribution in [0.25, 0.3) is 0 Å². The number of fused-ring (bicyclic) bond motifs is 1. The Morgan fingerprint density at radius 2 is 1.95 bits per heavy atom. The SMILES string of the molecule is Cc1cc(Br)cc(C)c1NC(=O)[C@@H]1[C@@H]2C[C@@H]3[C@H]1C(=O)O[C@H]3C2. The third-order valence-corrected chi connectivity index (χ3v) is 5.99. The average Bonchev–Trinajstić information content (AvgIpc) is 3.03.